The van der Waals surface area contributed by atoms with E-state index in [1.54, 1.807) is 33.0 Å². The molecule has 1 aliphatic rings. The average molecular weight is 418 g/mol. The minimum Gasteiger partial charge on any atom is -0.486 e. The smallest absolute Gasteiger partial charge is 0.257 e. The molecule has 8 heteroatoms. The number of halogens is 2. The van der Waals surface area contributed by atoms with Crippen LogP contribution in [-0.2, 0) is 4.79 Å². The van der Waals surface area contributed by atoms with Crippen molar-refractivity contribution in [1.29, 1.82) is 0 Å². The number of ether oxygens (including phenoxy) is 2. The van der Waals surface area contributed by atoms with Crippen LogP contribution in [0.5, 0.6) is 11.5 Å². The van der Waals surface area contributed by atoms with Crippen molar-refractivity contribution in [3.8, 4) is 11.5 Å². The molecule has 3 rings (SSSR count). The van der Waals surface area contributed by atoms with E-state index in [-0.39, 0.29) is 25.2 Å². The minimum absolute atomic E-state index is 0.223. The summed E-state index contributed by atoms with van der Waals surface area (Å²) in [6.45, 7) is 3.98. The fourth-order valence-electron chi connectivity index (χ4n) is 3.23. The Labute approximate surface area is 173 Å². The third-order valence-corrected chi connectivity index (χ3v) is 4.83. The number of hydrogen-bond acceptors (Lipinski definition) is 4. The molecule has 1 aliphatic heterocycles. The summed E-state index contributed by atoms with van der Waals surface area (Å²) in [5, 5.41) is 2.47. The molecule has 0 radical (unpaired) electrons. The highest BCUT2D eigenvalue weighted by atomic mass is 19.1. The summed E-state index contributed by atoms with van der Waals surface area (Å²) in [5.74, 6) is -2.40. The van der Waals surface area contributed by atoms with E-state index >= 15 is 0 Å². The molecule has 0 saturated heterocycles. The first-order chi connectivity index (χ1) is 14.3. The average Bonchev–Trinajstić information content (AvgIpc) is 2.71. The second-order valence-corrected chi connectivity index (χ2v) is 7.51. The molecule has 2 aromatic carbocycles. The van der Waals surface area contributed by atoms with Gasteiger partial charge >= 0.3 is 0 Å². The number of amides is 2. The number of rotatable bonds is 6. The molecular weight excluding hydrogens is 394 g/mol. The molecule has 1 unspecified atom stereocenters. The van der Waals surface area contributed by atoms with Gasteiger partial charge in [0.25, 0.3) is 5.91 Å². The van der Waals surface area contributed by atoms with E-state index in [4.69, 9.17) is 9.47 Å². The molecule has 1 heterocycles. The van der Waals surface area contributed by atoms with Gasteiger partial charge in [-0.15, -0.1) is 0 Å². The van der Waals surface area contributed by atoms with E-state index in [2.05, 4.69) is 5.32 Å². The topological polar surface area (TPSA) is 67.9 Å². The van der Waals surface area contributed by atoms with E-state index < -0.39 is 35.1 Å². The van der Waals surface area contributed by atoms with Gasteiger partial charge in [0.15, 0.2) is 17.6 Å². The first kappa shape index (κ1) is 21.5. The molecule has 0 fully saturated rings. The molecule has 0 spiro atoms. The van der Waals surface area contributed by atoms with Crippen LogP contribution in [-0.4, -0.2) is 49.1 Å². The maximum atomic E-state index is 13.9. The van der Waals surface area contributed by atoms with Gasteiger partial charge in [-0.3, -0.25) is 9.59 Å². The molecule has 0 bridgehead atoms. The number of likely N-dealkylation sites (N-methyl/N-ethyl adjacent to an activating group) is 1. The summed E-state index contributed by atoms with van der Waals surface area (Å²) in [7, 11) is 1.58. The van der Waals surface area contributed by atoms with Crippen LogP contribution in [0.3, 0.4) is 0 Å². The van der Waals surface area contributed by atoms with Crippen LogP contribution in [0, 0.1) is 17.6 Å². The van der Waals surface area contributed by atoms with Crippen molar-refractivity contribution in [2.45, 2.75) is 26.0 Å². The monoisotopic (exact) mass is 418 g/mol. The predicted molar refractivity (Wildman–Crippen MR) is 106 cm³/mol. The quantitative estimate of drug-likeness (QED) is 0.783. The number of nitrogens with one attached hydrogen (secondary N) is 1. The lowest BCUT2D eigenvalue weighted by molar-refractivity contribution is -0.134. The Morgan fingerprint density at radius 1 is 1.10 bits per heavy atom. The summed E-state index contributed by atoms with van der Waals surface area (Å²) < 4.78 is 39.4. The number of carbonyl (C=O) groups excluding carboxylic acids is 2. The van der Waals surface area contributed by atoms with Gasteiger partial charge in [0, 0.05) is 7.05 Å². The van der Waals surface area contributed by atoms with Crippen molar-refractivity contribution in [3.05, 3.63) is 59.7 Å². The molecule has 1 N–H and O–H groups in total. The highest BCUT2D eigenvalue weighted by Gasteiger charge is 2.31. The van der Waals surface area contributed by atoms with Crippen molar-refractivity contribution in [3.63, 3.8) is 0 Å². The Morgan fingerprint density at radius 2 is 1.73 bits per heavy atom. The number of hydrogen-bond donors (Lipinski definition) is 1. The molecular formula is C22H24F2N2O4. The lowest BCUT2D eigenvalue weighted by Crippen LogP contribution is -2.52. The van der Waals surface area contributed by atoms with Crippen molar-refractivity contribution >= 4 is 11.8 Å². The molecule has 2 amide bonds. The van der Waals surface area contributed by atoms with Crippen LogP contribution < -0.4 is 14.8 Å². The maximum Gasteiger partial charge on any atom is 0.257 e. The van der Waals surface area contributed by atoms with E-state index in [1.807, 2.05) is 12.1 Å². The van der Waals surface area contributed by atoms with E-state index in [1.165, 1.54) is 11.0 Å². The largest absolute Gasteiger partial charge is 0.486 e. The zero-order valence-electron chi connectivity index (χ0n) is 17.0. The van der Waals surface area contributed by atoms with Crippen LogP contribution in [0.2, 0.25) is 0 Å². The zero-order chi connectivity index (χ0) is 21.8. The van der Waals surface area contributed by atoms with Crippen LogP contribution in [0.15, 0.2) is 42.5 Å². The van der Waals surface area contributed by atoms with Crippen molar-refractivity contribution in [1.82, 2.24) is 10.2 Å². The Hall–Kier alpha value is -3.16. The van der Waals surface area contributed by atoms with E-state index in [0.29, 0.717) is 11.5 Å². The van der Waals surface area contributed by atoms with Gasteiger partial charge in [0.05, 0.1) is 6.54 Å². The van der Waals surface area contributed by atoms with Crippen LogP contribution in [0.1, 0.15) is 24.2 Å². The highest BCUT2D eigenvalue weighted by molar-refractivity contribution is 5.98. The van der Waals surface area contributed by atoms with Gasteiger partial charge in [-0.2, -0.15) is 0 Å². The van der Waals surface area contributed by atoms with Crippen molar-refractivity contribution in [2.75, 3.05) is 20.2 Å². The number of benzene rings is 2. The maximum absolute atomic E-state index is 13.9. The SMILES string of the molecule is CC(C)[C@H](NC(=O)c1c(F)cccc1F)C(=O)N(C)CC1COc2ccccc2O1. The molecule has 160 valence electrons. The highest BCUT2D eigenvalue weighted by Crippen LogP contribution is 2.31. The fraction of sp³-hybridized carbons (Fsp3) is 0.364. The summed E-state index contributed by atoms with van der Waals surface area (Å²) in [6, 6.07) is 9.44. The Bertz CT molecular complexity index is 915. The van der Waals surface area contributed by atoms with E-state index in [0.717, 1.165) is 12.1 Å². The van der Waals surface area contributed by atoms with Gasteiger partial charge in [-0.25, -0.2) is 8.78 Å². The lowest BCUT2D eigenvalue weighted by atomic mass is 10.0. The number of carbonyl (C=O) groups is 2. The summed E-state index contributed by atoms with van der Waals surface area (Å²) >= 11 is 0. The number of para-hydroxylation sites is 2. The number of nitrogens with zero attached hydrogens (tertiary/aromatic N) is 1. The minimum atomic E-state index is -0.984. The molecule has 0 aromatic heterocycles. The predicted octanol–water partition coefficient (Wildman–Crippen LogP) is 3.02. The van der Waals surface area contributed by atoms with Gasteiger partial charge in [-0.05, 0) is 30.2 Å². The van der Waals surface area contributed by atoms with Crippen molar-refractivity contribution < 1.29 is 27.8 Å². The Balaban J connectivity index is 1.67. The normalized spacial score (nSPS) is 16.1. The second kappa shape index (κ2) is 9.11. The molecule has 0 saturated carbocycles. The van der Waals surface area contributed by atoms with E-state index in [9.17, 15) is 18.4 Å². The van der Waals surface area contributed by atoms with Gasteiger partial charge in [-0.1, -0.05) is 32.0 Å². The van der Waals surface area contributed by atoms with Crippen LogP contribution in [0.25, 0.3) is 0 Å². The van der Waals surface area contributed by atoms with Crippen LogP contribution in [0.4, 0.5) is 8.78 Å². The number of fused-ring (bicyclic) bond motifs is 1. The van der Waals surface area contributed by atoms with Gasteiger partial charge in [0.1, 0.15) is 29.8 Å². The fourth-order valence-corrected chi connectivity index (χ4v) is 3.23. The molecule has 2 aromatic rings. The standard InChI is InChI=1S/C22H24F2N2O4/c1-13(2)20(25-21(27)19-15(23)7-6-8-16(19)24)22(28)26(3)11-14-12-29-17-9-4-5-10-18(17)30-14/h4-10,13-14,20H,11-12H2,1-3H3,(H,25,27)/t14?,20-/m0/s1. The third-order valence-electron chi connectivity index (χ3n) is 4.83. The van der Waals surface area contributed by atoms with Crippen LogP contribution >= 0.6 is 0 Å². The lowest BCUT2D eigenvalue weighted by Gasteiger charge is -2.32. The molecule has 6 nitrogen and oxygen atoms in total. The molecule has 0 aliphatic carbocycles. The zero-order valence-corrected chi connectivity index (χ0v) is 17.0. The van der Waals surface area contributed by atoms with Gasteiger partial charge < -0.3 is 19.7 Å². The molecule has 2 atom stereocenters. The summed E-state index contributed by atoms with van der Waals surface area (Å²) in [5.41, 5.74) is -0.709. The second-order valence-electron chi connectivity index (χ2n) is 7.51. The first-order valence-electron chi connectivity index (χ1n) is 9.66. The van der Waals surface area contributed by atoms with Gasteiger partial charge in [0.2, 0.25) is 5.91 Å². The van der Waals surface area contributed by atoms with Crippen molar-refractivity contribution in [2.24, 2.45) is 5.92 Å². The third kappa shape index (κ3) is 4.69. The molecule has 30 heavy (non-hydrogen) atoms. The Morgan fingerprint density at radius 3 is 2.37 bits per heavy atom. The summed E-state index contributed by atoms with van der Waals surface area (Å²) in [4.78, 5) is 26.8. The Kier molecular flexibility index (Phi) is 6.54. The summed E-state index contributed by atoms with van der Waals surface area (Å²) in [6.07, 6.45) is -0.388. The first-order valence-corrected chi connectivity index (χ1v) is 9.66.